The number of nitrogen functional groups attached to an aromatic ring is 1. The number of hydrogen-bond acceptors (Lipinski definition) is 3. The molecular weight excluding hydrogens is 260 g/mol. The molecule has 2 N–H and O–H groups in total. The summed E-state index contributed by atoms with van der Waals surface area (Å²) in [4.78, 5) is 0.0746. The van der Waals surface area contributed by atoms with E-state index in [4.69, 9.17) is 17.3 Å². The Kier molecular flexibility index (Phi) is 4.56. The third-order valence-corrected chi connectivity index (χ3v) is 4.52. The van der Waals surface area contributed by atoms with Crippen molar-refractivity contribution in [3.05, 3.63) is 35.9 Å². The van der Waals surface area contributed by atoms with Crippen molar-refractivity contribution < 1.29 is 8.42 Å². The van der Waals surface area contributed by atoms with E-state index in [0.29, 0.717) is 11.6 Å². The normalized spacial score (nSPS) is 11.7. The van der Waals surface area contributed by atoms with Crippen LogP contribution in [-0.2, 0) is 10.0 Å². The van der Waals surface area contributed by atoms with Crippen LogP contribution < -0.4 is 5.73 Å². The summed E-state index contributed by atoms with van der Waals surface area (Å²) in [6.45, 7) is 5.90. The maximum Gasteiger partial charge on any atom is 0.245 e. The van der Waals surface area contributed by atoms with Gasteiger partial charge < -0.3 is 5.73 Å². The van der Waals surface area contributed by atoms with Crippen LogP contribution in [0.5, 0.6) is 0 Å². The maximum atomic E-state index is 12.2. The van der Waals surface area contributed by atoms with Gasteiger partial charge in [-0.25, -0.2) is 8.42 Å². The quantitative estimate of drug-likeness (QED) is 0.661. The highest BCUT2D eigenvalue weighted by molar-refractivity contribution is 7.89. The van der Waals surface area contributed by atoms with Crippen molar-refractivity contribution in [3.63, 3.8) is 0 Å². The second kappa shape index (κ2) is 5.53. The lowest BCUT2D eigenvalue weighted by Crippen LogP contribution is -2.31. The first-order valence-corrected chi connectivity index (χ1v) is 6.91. The topological polar surface area (TPSA) is 63.4 Å². The first kappa shape index (κ1) is 14.0. The average Bonchev–Trinajstić information content (AvgIpc) is 2.24. The molecule has 0 saturated heterocycles. The van der Waals surface area contributed by atoms with E-state index in [2.05, 4.69) is 6.58 Å². The molecule has 0 aromatic heterocycles. The number of rotatable bonds is 5. The highest BCUT2D eigenvalue weighted by Crippen LogP contribution is 2.25. The monoisotopic (exact) mass is 274 g/mol. The summed E-state index contributed by atoms with van der Waals surface area (Å²) >= 11 is 5.74. The smallest absolute Gasteiger partial charge is 0.245 e. The third-order valence-electron chi connectivity index (χ3n) is 2.28. The van der Waals surface area contributed by atoms with E-state index in [1.54, 1.807) is 6.92 Å². The summed E-state index contributed by atoms with van der Waals surface area (Å²) in [7, 11) is -3.58. The van der Waals surface area contributed by atoms with Crippen molar-refractivity contribution in [2.45, 2.75) is 11.8 Å². The summed E-state index contributed by atoms with van der Waals surface area (Å²) in [5.41, 5.74) is 5.83. The van der Waals surface area contributed by atoms with E-state index in [1.165, 1.54) is 28.6 Å². The standard InChI is InChI=1S/C11H15ClN2O2S/c1-3-7-14(4-2)17(15,16)11-6-5-9(12)8-10(11)13/h3,5-6,8H,1,4,7,13H2,2H3. The van der Waals surface area contributed by atoms with E-state index in [1.807, 2.05) is 0 Å². The van der Waals surface area contributed by atoms with Gasteiger partial charge in [-0.1, -0.05) is 24.6 Å². The molecule has 94 valence electrons. The zero-order chi connectivity index (χ0) is 13.1. The van der Waals surface area contributed by atoms with Crippen LogP contribution in [0.1, 0.15) is 6.92 Å². The first-order chi connectivity index (χ1) is 7.93. The van der Waals surface area contributed by atoms with E-state index < -0.39 is 10.0 Å². The molecule has 0 aliphatic heterocycles. The lowest BCUT2D eigenvalue weighted by atomic mass is 10.3. The Balaban J connectivity index is 3.24. The van der Waals surface area contributed by atoms with Crippen LogP contribution in [0.4, 0.5) is 5.69 Å². The lowest BCUT2D eigenvalue weighted by molar-refractivity contribution is 0.460. The molecule has 4 nitrogen and oxygen atoms in total. The molecule has 0 saturated carbocycles. The van der Waals surface area contributed by atoms with Crippen molar-refractivity contribution in [1.29, 1.82) is 0 Å². The molecule has 0 aliphatic rings. The predicted molar refractivity (Wildman–Crippen MR) is 70.5 cm³/mol. The van der Waals surface area contributed by atoms with E-state index in [9.17, 15) is 8.42 Å². The van der Waals surface area contributed by atoms with E-state index in [0.717, 1.165) is 0 Å². The molecule has 0 spiro atoms. The van der Waals surface area contributed by atoms with Gasteiger partial charge in [0.1, 0.15) is 4.90 Å². The van der Waals surface area contributed by atoms with Gasteiger partial charge in [0.2, 0.25) is 10.0 Å². The molecular formula is C11H15ClN2O2S. The molecule has 17 heavy (non-hydrogen) atoms. The number of hydrogen-bond donors (Lipinski definition) is 1. The number of likely N-dealkylation sites (N-methyl/N-ethyl adjacent to an activating group) is 1. The Hall–Kier alpha value is -1.04. The van der Waals surface area contributed by atoms with Crippen LogP contribution in [0.15, 0.2) is 35.7 Å². The fourth-order valence-electron chi connectivity index (χ4n) is 1.43. The minimum Gasteiger partial charge on any atom is -0.398 e. The Morgan fingerprint density at radius 2 is 2.18 bits per heavy atom. The molecule has 0 amide bonds. The van der Waals surface area contributed by atoms with Crippen molar-refractivity contribution in [2.24, 2.45) is 0 Å². The summed E-state index contributed by atoms with van der Waals surface area (Å²) in [5.74, 6) is 0. The Labute approximate surface area is 107 Å². The van der Waals surface area contributed by atoms with Gasteiger partial charge in [-0.3, -0.25) is 0 Å². The SMILES string of the molecule is C=CCN(CC)S(=O)(=O)c1ccc(Cl)cc1N. The Morgan fingerprint density at radius 1 is 1.53 bits per heavy atom. The van der Waals surface area contributed by atoms with Crippen LogP contribution >= 0.6 is 11.6 Å². The van der Waals surface area contributed by atoms with Crippen molar-refractivity contribution in [2.75, 3.05) is 18.8 Å². The Morgan fingerprint density at radius 3 is 2.65 bits per heavy atom. The van der Waals surface area contributed by atoms with Gasteiger partial charge in [-0.15, -0.1) is 6.58 Å². The van der Waals surface area contributed by atoms with Crippen LogP contribution in [0.3, 0.4) is 0 Å². The van der Waals surface area contributed by atoms with Crippen molar-refractivity contribution in [1.82, 2.24) is 4.31 Å². The highest BCUT2D eigenvalue weighted by Gasteiger charge is 2.24. The number of nitrogens with two attached hydrogens (primary N) is 1. The fraction of sp³-hybridized carbons (Fsp3) is 0.273. The van der Waals surface area contributed by atoms with Gasteiger partial charge in [0, 0.05) is 18.1 Å². The molecule has 1 aromatic carbocycles. The van der Waals surface area contributed by atoms with Gasteiger partial charge in [0.25, 0.3) is 0 Å². The number of anilines is 1. The van der Waals surface area contributed by atoms with Gasteiger partial charge >= 0.3 is 0 Å². The number of benzene rings is 1. The molecule has 0 unspecified atom stereocenters. The second-order valence-electron chi connectivity index (χ2n) is 3.43. The van der Waals surface area contributed by atoms with Gasteiger partial charge in [-0.05, 0) is 18.2 Å². The molecule has 0 bridgehead atoms. The Bertz CT molecular complexity index is 514. The molecule has 1 rings (SSSR count). The summed E-state index contributed by atoms with van der Waals surface area (Å²) in [6.07, 6.45) is 1.53. The van der Waals surface area contributed by atoms with E-state index in [-0.39, 0.29) is 17.1 Å². The zero-order valence-corrected chi connectivity index (χ0v) is 11.1. The number of halogens is 1. The molecule has 0 atom stereocenters. The highest BCUT2D eigenvalue weighted by atomic mass is 35.5. The van der Waals surface area contributed by atoms with Crippen LogP contribution in [-0.4, -0.2) is 25.8 Å². The average molecular weight is 275 g/mol. The lowest BCUT2D eigenvalue weighted by Gasteiger charge is -2.19. The van der Waals surface area contributed by atoms with Crippen molar-refractivity contribution >= 4 is 27.3 Å². The largest absolute Gasteiger partial charge is 0.398 e. The summed E-state index contributed by atoms with van der Waals surface area (Å²) in [6, 6.07) is 4.35. The minimum atomic E-state index is -3.58. The van der Waals surface area contributed by atoms with E-state index >= 15 is 0 Å². The van der Waals surface area contributed by atoms with Crippen LogP contribution in [0, 0.1) is 0 Å². The molecule has 0 heterocycles. The summed E-state index contributed by atoms with van der Waals surface area (Å²) in [5, 5.41) is 0.410. The minimum absolute atomic E-state index is 0.0746. The van der Waals surface area contributed by atoms with Gasteiger partial charge in [0.05, 0.1) is 5.69 Å². The first-order valence-electron chi connectivity index (χ1n) is 5.09. The molecule has 0 fully saturated rings. The van der Waals surface area contributed by atoms with Crippen molar-refractivity contribution in [3.8, 4) is 0 Å². The van der Waals surface area contributed by atoms with Gasteiger partial charge in [-0.2, -0.15) is 4.31 Å². The zero-order valence-electron chi connectivity index (χ0n) is 9.56. The third kappa shape index (κ3) is 3.00. The molecule has 6 heteroatoms. The summed E-state index contributed by atoms with van der Waals surface area (Å²) < 4.78 is 25.8. The second-order valence-corrected chi connectivity index (χ2v) is 5.77. The van der Waals surface area contributed by atoms with Gasteiger partial charge in [0.15, 0.2) is 0 Å². The fourth-order valence-corrected chi connectivity index (χ4v) is 3.13. The predicted octanol–water partition coefficient (Wildman–Crippen LogP) is 2.12. The molecule has 1 aromatic rings. The molecule has 0 aliphatic carbocycles. The number of nitrogens with zero attached hydrogens (tertiary/aromatic N) is 1. The van der Waals surface area contributed by atoms with Crippen LogP contribution in [0.2, 0.25) is 5.02 Å². The van der Waals surface area contributed by atoms with Crippen LogP contribution in [0.25, 0.3) is 0 Å². The molecule has 0 radical (unpaired) electrons. The number of sulfonamides is 1. The maximum absolute atomic E-state index is 12.2.